The van der Waals surface area contributed by atoms with Gasteiger partial charge in [0.05, 0.1) is 32.5 Å². The van der Waals surface area contributed by atoms with Crippen molar-refractivity contribution in [3.05, 3.63) is 95.7 Å². The molecule has 0 aliphatic carbocycles. The molecule has 1 fully saturated rings. The fraction of sp³-hybridized carbons (Fsp3) is 0.360. The average molecular weight is 378 g/mol. The summed E-state index contributed by atoms with van der Waals surface area (Å²) < 4.78 is 11.8. The predicted octanol–water partition coefficient (Wildman–Crippen LogP) is 5.34. The smallest absolute Gasteiger partial charge is 0.0721 e. The quantitative estimate of drug-likeness (QED) is 0.412. The fourth-order valence-corrected chi connectivity index (χ4v) is 3.53. The minimum absolute atomic E-state index is 0.407. The van der Waals surface area contributed by atoms with Crippen molar-refractivity contribution < 1.29 is 9.47 Å². The van der Waals surface area contributed by atoms with Crippen molar-refractivity contribution in [2.75, 3.05) is 19.8 Å². The lowest BCUT2D eigenvalue weighted by molar-refractivity contribution is 0.0775. The van der Waals surface area contributed by atoms with Crippen molar-refractivity contribution in [2.24, 2.45) is 0 Å². The van der Waals surface area contributed by atoms with Crippen molar-refractivity contribution in [1.29, 1.82) is 0 Å². The van der Waals surface area contributed by atoms with Gasteiger partial charge in [0.15, 0.2) is 0 Å². The van der Waals surface area contributed by atoms with Gasteiger partial charge < -0.3 is 14.4 Å². The average Bonchev–Trinajstić information content (AvgIpc) is 3.20. The van der Waals surface area contributed by atoms with Gasteiger partial charge in [-0.15, -0.1) is 0 Å². The lowest BCUT2D eigenvalue weighted by Crippen LogP contribution is -2.32. The second-order valence-electron chi connectivity index (χ2n) is 7.32. The molecule has 3 heteroatoms. The summed E-state index contributed by atoms with van der Waals surface area (Å²) in [5.74, 6) is 0. The number of nitrogens with zero attached hydrogens (tertiary/aromatic N) is 1. The molecule has 0 bridgehead atoms. The number of likely N-dealkylation sites (tertiary alicyclic amines) is 1. The summed E-state index contributed by atoms with van der Waals surface area (Å²) in [5.41, 5.74) is 4.69. The fourth-order valence-electron chi connectivity index (χ4n) is 3.53. The second kappa shape index (κ2) is 10.8. The van der Waals surface area contributed by atoms with Gasteiger partial charge in [0.2, 0.25) is 0 Å². The van der Waals surface area contributed by atoms with Crippen LogP contribution in [0.1, 0.15) is 30.9 Å². The molecule has 2 aromatic rings. The zero-order valence-electron chi connectivity index (χ0n) is 16.8. The zero-order valence-corrected chi connectivity index (χ0v) is 16.8. The van der Waals surface area contributed by atoms with Gasteiger partial charge in [0, 0.05) is 12.2 Å². The van der Waals surface area contributed by atoms with Gasteiger partial charge in [0.25, 0.3) is 0 Å². The van der Waals surface area contributed by atoms with Crippen molar-refractivity contribution >= 4 is 0 Å². The van der Waals surface area contributed by atoms with E-state index in [1.165, 1.54) is 23.1 Å². The Morgan fingerprint density at radius 2 is 1.61 bits per heavy atom. The Morgan fingerprint density at radius 1 is 1.00 bits per heavy atom. The maximum Gasteiger partial charge on any atom is 0.0721 e. The van der Waals surface area contributed by atoms with E-state index < -0.39 is 0 Å². The maximum atomic E-state index is 5.98. The summed E-state index contributed by atoms with van der Waals surface area (Å²) >= 11 is 0. The number of ether oxygens (including phenoxy) is 2. The molecule has 1 saturated heterocycles. The summed E-state index contributed by atoms with van der Waals surface area (Å²) in [6.45, 7) is 10.1. The lowest BCUT2D eigenvalue weighted by Gasteiger charge is -2.29. The van der Waals surface area contributed by atoms with E-state index in [1.54, 1.807) is 0 Å². The Morgan fingerprint density at radius 3 is 2.25 bits per heavy atom. The van der Waals surface area contributed by atoms with Gasteiger partial charge in [-0.2, -0.15) is 0 Å². The summed E-state index contributed by atoms with van der Waals surface area (Å²) in [6.07, 6.45) is 4.48. The van der Waals surface area contributed by atoms with E-state index in [4.69, 9.17) is 9.47 Å². The van der Waals surface area contributed by atoms with Gasteiger partial charge in [-0.25, -0.2) is 0 Å². The molecule has 1 aliphatic heterocycles. The maximum absolute atomic E-state index is 5.98. The summed E-state index contributed by atoms with van der Waals surface area (Å²) in [4.78, 5) is 2.40. The molecule has 1 aliphatic rings. The summed E-state index contributed by atoms with van der Waals surface area (Å²) in [5, 5.41) is 0. The Hall–Kier alpha value is -2.36. The molecular formula is C25H31NO2. The molecule has 28 heavy (non-hydrogen) atoms. The van der Waals surface area contributed by atoms with Crippen LogP contribution in [0.2, 0.25) is 0 Å². The number of rotatable bonds is 10. The van der Waals surface area contributed by atoms with Gasteiger partial charge in [0.1, 0.15) is 0 Å². The van der Waals surface area contributed by atoms with Crippen LogP contribution in [0.5, 0.6) is 0 Å². The van der Waals surface area contributed by atoms with Gasteiger partial charge >= 0.3 is 0 Å². The minimum Gasteiger partial charge on any atom is -0.375 e. The topological polar surface area (TPSA) is 21.7 Å². The summed E-state index contributed by atoms with van der Waals surface area (Å²) in [7, 11) is 0. The third kappa shape index (κ3) is 6.08. The first-order chi connectivity index (χ1) is 13.7. The monoisotopic (exact) mass is 377 g/mol. The predicted molar refractivity (Wildman–Crippen MR) is 115 cm³/mol. The molecule has 1 heterocycles. The number of hydrogen-bond donors (Lipinski definition) is 0. The van der Waals surface area contributed by atoms with E-state index in [2.05, 4.69) is 60.9 Å². The highest BCUT2D eigenvalue weighted by atomic mass is 16.5. The van der Waals surface area contributed by atoms with Crippen LogP contribution < -0.4 is 0 Å². The van der Waals surface area contributed by atoms with Gasteiger partial charge in [-0.1, -0.05) is 73.3 Å². The highest BCUT2D eigenvalue weighted by Gasteiger charge is 2.26. The van der Waals surface area contributed by atoms with Crippen LogP contribution in [-0.4, -0.2) is 30.7 Å². The Balaban J connectivity index is 1.43. The van der Waals surface area contributed by atoms with E-state index in [-0.39, 0.29) is 0 Å². The molecule has 0 saturated carbocycles. The van der Waals surface area contributed by atoms with Crippen molar-refractivity contribution in [2.45, 2.75) is 39.0 Å². The number of allylic oxidation sites excluding steroid dienone is 1. The first-order valence-electron chi connectivity index (χ1n) is 10.1. The molecule has 0 N–H and O–H groups in total. The van der Waals surface area contributed by atoms with E-state index in [0.717, 1.165) is 25.3 Å². The Bertz CT molecular complexity index is 755. The second-order valence-corrected chi connectivity index (χ2v) is 7.32. The molecule has 3 nitrogen and oxygen atoms in total. The Kier molecular flexibility index (Phi) is 7.89. The molecule has 0 spiro atoms. The van der Waals surface area contributed by atoms with Crippen molar-refractivity contribution in [3.63, 3.8) is 0 Å². The van der Waals surface area contributed by atoms with Crippen LogP contribution in [0.25, 0.3) is 0 Å². The van der Waals surface area contributed by atoms with Crippen LogP contribution in [0, 0.1) is 0 Å². The Labute approximate surface area is 169 Å². The van der Waals surface area contributed by atoms with Crippen LogP contribution in [0.4, 0.5) is 0 Å². The molecule has 1 atom stereocenters. The highest BCUT2D eigenvalue weighted by molar-refractivity contribution is 5.26. The van der Waals surface area contributed by atoms with Gasteiger partial charge in [-0.3, -0.25) is 0 Å². The molecule has 0 radical (unpaired) electrons. The number of benzene rings is 2. The third-order valence-corrected chi connectivity index (χ3v) is 5.22. The minimum atomic E-state index is 0.407. The molecule has 0 unspecified atom stereocenters. The van der Waals surface area contributed by atoms with Crippen molar-refractivity contribution in [3.8, 4) is 0 Å². The zero-order chi connectivity index (χ0) is 19.6. The standard InChI is InChI=1S/C25H31NO2/c1-21(15-17-27-18-23-10-5-3-6-11-23)22(2)26-16-9-14-25(26)20-28-19-24-12-7-4-8-13-24/h3-8,10-13,15,25H,2,9,14,16-20H2,1H3/b21-15+/t25-/m0/s1. The van der Waals surface area contributed by atoms with E-state index in [1.807, 2.05) is 24.3 Å². The molecular weight excluding hydrogens is 346 g/mol. The lowest BCUT2D eigenvalue weighted by atomic mass is 10.1. The van der Waals surface area contributed by atoms with Crippen LogP contribution in [0.3, 0.4) is 0 Å². The first kappa shape index (κ1) is 20.4. The first-order valence-corrected chi connectivity index (χ1v) is 10.1. The van der Waals surface area contributed by atoms with E-state index >= 15 is 0 Å². The van der Waals surface area contributed by atoms with Crippen LogP contribution in [0.15, 0.2) is 84.6 Å². The largest absolute Gasteiger partial charge is 0.375 e. The third-order valence-electron chi connectivity index (χ3n) is 5.22. The normalized spacial score (nSPS) is 17.1. The van der Waals surface area contributed by atoms with E-state index in [9.17, 15) is 0 Å². The molecule has 2 aromatic carbocycles. The highest BCUT2D eigenvalue weighted by Crippen LogP contribution is 2.25. The van der Waals surface area contributed by atoms with Crippen LogP contribution in [-0.2, 0) is 22.7 Å². The van der Waals surface area contributed by atoms with Crippen LogP contribution >= 0.6 is 0 Å². The molecule has 0 aromatic heterocycles. The van der Waals surface area contributed by atoms with Gasteiger partial charge in [-0.05, 0) is 36.5 Å². The number of hydrogen-bond acceptors (Lipinski definition) is 3. The summed E-state index contributed by atoms with van der Waals surface area (Å²) in [6, 6.07) is 21.0. The molecule has 148 valence electrons. The SMILES string of the molecule is C=C(/C(C)=C/COCc1ccccc1)N1CCC[C@H]1COCc1ccccc1. The van der Waals surface area contributed by atoms with Crippen molar-refractivity contribution in [1.82, 2.24) is 4.90 Å². The van der Waals surface area contributed by atoms with E-state index in [0.29, 0.717) is 25.9 Å². The molecule has 0 amide bonds. The molecule has 3 rings (SSSR count).